The van der Waals surface area contributed by atoms with Crippen molar-refractivity contribution >= 4 is 0 Å². The third-order valence-electron chi connectivity index (χ3n) is 3.11. The Kier molecular flexibility index (Phi) is 3.67. The van der Waals surface area contributed by atoms with Crippen molar-refractivity contribution in [3.8, 4) is 11.3 Å². The standard InChI is InChI=1S/C14H19N3O/c1-10-4-6-11(7-5-10)13-12(8-9-15-2)14(18)17(3)16-13/h4-7,15-16H,8-9H2,1-3H3. The van der Waals surface area contributed by atoms with Gasteiger partial charge in [-0.05, 0) is 32.5 Å². The molecule has 0 saturated heterocycles. The molecular weight excluding hydrogens is 226 g/mol. The highest BCUT2D eigenvalue weighted by molar-refractivity contribution is 5.63. The minimum Gasteiger partial charge on any atom is -0.319 e. The van der Waals surface area contributed by atoms with Crippen LogP contribution >= 0.6 is 0 Å². The van der Waals surface area contributed by atoms with E-state index in [4.69, 9.17) is 0 Å². The van der Waals surface area contributed by atoms with Crippen molar-refractivity contribution in [1.29, 1.82) is 0 Å². The van der Waals surface area contributed by atoms with Gasteiger partial charge in [-0.15, -0.1) is 0 Å². The largest absolute Gasteiger partial charge is 0.319 e. The van der Waals surface area contributed by atoms with Crippen molar-refractivity contribution < 1.29 is 0 Å². The summed E-state index contributed by atoms with van der Waals surface area (Å²) in [5.74, 6) is 0. The van der Waals surface area contributed by atoms with Gasteiger partial charge in [0, 0.05) is 12.6 Å². The van der Waals surface area contributed by atoms with E-state index in [9.17, 15) is 4.79 Å². The van der Waals surface area contributed by atoms with Gasteiger partial charge in [0.2, 0.25) is 0 Å². The van der Waals surface area contributed by atoms with Crippen LogP contribution in [0.25, 0.3) is 11.3 Å². The Balaban J connectivity index is 2.46. The molecule has 1 heterocycles. The zero-order valence-corrected chi connectivity index (χ0v) is 11.1. The molecule has 1 aromatic heterocycles. The highest BCUT2D eigenvalue weighted by Crippen LogP contribution is 2.20. The van der Waals surface area contributed by atoms with Crippen LogP contribution in [0.15, 0.2) is 29.1 Å². The third kappa shape index (κ3) is 2.38. The summed E-state index contributed by atoms with van der Waals surface area (Å²) in [6.45, 7) is 2.85. The average Bonchev–Trinajstić information content (AvgIpc) is 2.64. The smallest absolute Gasteiger partial charge is 0.270 e. The molecule has 0 fully saturated rings. The first-order chi connectivity index (χ1) is 8.63. The lowest BCUT2D eigenvalue weighted by molar-refractivity contribution is 0.734. The first-order valence-electron chi connectivity index (χ1n) is 6.13. The molecule has 96 valence electrons. The summed E-state index contributed by atoms with van der Waals surface area (Å²) in [5, 5.41) is 6.21. The molecular formula is C14H19N3O. The Labute approximate surface area is 107 Å². The Bertz CT molecular complexity index is 578. The highest BCUT2D eigenvalue weighted by atomic mass is 16.1. The molecule has 0 radical (unpaired) electrons. The van der Waals surface area contributed by atoms with Crippen LogP contribution in [0.3, 0.4) is 0 Å². The van der Waals surface area contributed by atoms with E-state index in [0.717, 1.165) is 29.8 Å². The second-order valence-corrected chi connectivity index (χ2v) is 4.55. The van der Waals surface area contributed by atoms with Gasteiger partial charge < -0.3 is 5.32 Å². The number of aromatic nitrogens is 2. The van der Waals surface area contributed by atoms with E-state index in [0.29, 0.717) is 0 Å². The molecule has 2 aromatic rings. The second kappa shape index (κ2) is 5.23. The van der Waals surface area contributed by atoms with Gasteiger partial charge in [-0.3, -0.25) is 14.6 Å². The summed E-state index contributed by atoms with van der Waals surface area (Å²) >= 11 is 0. The molecule has 18 heavy (non-hydrogen) atoms. The molecule has 0 aliphatic carbocycles. The van der Waals surface area contributed by atoms with Gasteiger partial charge in [0.25, 0.3) is 5.56 Å². The average molecular weight is 245 g/mol. The van der Waals surface area contributed by atoms with Gasteiger partial charge in [-0.25, -0.2) is 0 Å². The zero-order chi connectivity index (χ0) is 13.1. The van der Waals surface area contributed by atoms with Gasteiger partial charge in [0.05, 0.1) is 5.69 Å². The first-order valence-corrected chi connectivity index (χ1v) is 6.13. The van der Waals surface area contributed by atoms with Gasteiger partial charge in [0.1, 0.15) is 0 Å². The molecule has 4 nitrogen and oxygen atoms in total. The monoisotopic (exact) mass is 245 g/mol. The van der Waals surface area contributed by atoms with E-state index in [-0.39, 0.29) is 5.56 Å². The third-order valence-corrected chi connectivity index (χ3v) is 3.11. The van der Waals surface area contributed by atoms with Crippen LogP contribution in [0.2, 0.25) is 0 Å². The molecule has 0 spiro atoms. The molecule has 2 N–H and O–H groups in total. The van der Waals surface area contributed by atoms with Gasteiger partial charge >= 0.3 is 0 Å². The predicted molar refractivity (Wildman–Crippen MR) is 73.8 cm³/mol. The van der Waals surface area contributed by atoms with E-state index < -0.39 is 0 Å². The molecule has 0 atom stereocenters. The number of hydrogen-bond acceptors (Lipinski definition) is 2. The summed E-state index contributed by atoms with van der Waals surface area (Å²) in [6, 6.07) is 8.21. The van der Waals surface area contributed by atoms with Crippen LogP contribution in [-0.2, 0) is 13.5 Å². The molecule has 4 heteroatoms. The number of hydrogen-bond donors (Lipinski definition) is 2. The number of benzene rings is 1. The Morgan fingerprint density at radius 2 is 1.94 bits per heavy atom. The quantitative estimate of drug-likeness (QED) is 0.856. The maximum atomic E-state index is 12.0. The highest BCUT2D eigenvalue weighted by Gasteiger charge is 2.13. The number of aromatic amines is 1. The van der Waals surface area contributed by atoms with Crippen molar-refractivity contribution in [1.82, 2.24) is 15.1 Å². The lowest BCUT2D eigenvalue weighted by atomic mass is 10.0. The SMILES string of the molecule is CNCCc1c(-c2ccc(C)cc2)[nH]n(C)c1=O. The number of likely N-dealkylation sites (N-methyl/N-ethyl adjacent to an activating group) is 1. The molecule has 0 bridgehead atoms. The summed E-state index contributed by atoms with van der Waals surface area (Å²) in [5.41, 5.74) is 4.10. The predicted octanol–water partition coefficient (Wildman–Crippen LogP) is 1.45. The molecule has 0 aliphatic rings. The van der Waals surface area contributed by atoms with Crippen LogP contribution in [0.4, 0.5) is 0 Å². The molecule has 0 saturated carbocycles. The van der Waals surface area contributed by atoms with Crippen molar-refractivity contribution in [3.05, 3.63) is 45.7 Å². The fourth-order valence-electron chi connectivity index (χ4n) is 2.04. The molecule has 2 rings (SSSR count). The number of rotatable bonds is 4. The Hall–Kier alpha value is -1.81. The topological polar surface area (TPSA) is 49.8 Å². The van der Waals surface area contributed by atoms with Gasteiger partial charge in [-0.1, -0.05) is 29.8 Å². The molecule has 0 unspecified atom stereocenters. The number of aryl methyl sites for hydroxylation is 2. The van der Waals surface area contributed by atoms with E-state index in [1.54, 1.807) is 11.7 Å². The van der Waals surface area contributed by atoms with Crippen molar-refractivity contribution in [2.45, 2.75) is 13.3 Å². The Morgan fingerprint density at radius 1 is 1.28 bits per heavy atom. The van der Waals surface area contributed by atoms with Gasteiger partial charge in [0.15, 0.2) is 0 Å². The fourth-order valence-corrected chi connectivity index (χ4v) is 2.04. The number of H-pyrrole nitrogens is 1. The fraction of sp³-hybridized carbons (Fsp3) is 0.357. The number of nitrogens with zero attached hydrogens (tertiary/aromatic N) is 1. The van der Waals surface area contributed by atoms with E-state index in [2.05, 4.69) is 29.5 Å². The summed E-state index contributed by atoms with van der Waals surface area (Å²) in [4.78, 5) is 12.0. The molecule has 0 aliphatic heterocycles. The van der Waals surface area contributed by atoms with E-state index in [1.807, 2.05) is 19.2 Å². The molecule has 0 amide bonds. The Morgan fingerprint density at radius 3 is 2.56 bits per heavy atom. The second-order valence-electron chi connectivity index (χ2n) is 4.55. The van der Waals surface area contributed by atoms with E-state index in [1.165, 1.54) is 5.56 Å². The lowest BCUT2D eigenvalue weighted by Gasteiger charge is -2.03. The van der Waals surface area contributed by atoms with Crippen LogP contribution in [-0.4, -0.2) is 23.4 Å². The van der Waals surface area contributed by atoms with Crippen LogP contribution < -0.4 is 10.9 Å². The normalized spacial score (nSPS) is 10.8. The van der Waals surface area contributed by atoms with Crippen LogP contribution in [0, 0.1) is 6.92 Å². The minimum atomic E-state index is 0.0563. The van der Waals surface area contributed by atoms with Crippen LogP contribution in [0.5, 0.6) is 0 Å². The minimum absolute atomic E-state index is 0.0563. The summed E-state index contributed by atoms with van der Waals surface area (Å²) in [7, 11) is 3.64. The maximum Gasteiger partial charge on any atom is 0.270 e. The maximum absolute atomic E-state index is 12.0. The van der Waals surface area contributed by atoms with Gasteiger partial charge in [-0.2, -0.15) is 0 Å². The summed E-state index contributed by atoms with van der Waals surface area (Å²) in [6.07, 6.45) is 0.732. The lowest BCUT2D eigenvalue weighted by Crippen LogP contribution is -2.19. The van der Waals surface area contributed by atoms with E-state index >= 15 is 0 Å². The zero-order valence-electron chi connectivity index (χ0n) is 11.1. The number of nitrogens with one attached hydrogen (secondary N) is 2. The van der Waals surface area contributed by atoms with Crippen LogP contribution in [0.1, 0.15) is 11.1 Å². The van der Waals surface area contributed by atoms with Crippen molar-refractivity contribution in [2.75, 3.05) is 13.6 Å². The van der Waals surface area contributed by atoms with Crippen molar-refractivity contribution in [2.24, 2.45) is 7.05 Å². The molecule has 1 aromatic carbocycles. The van der Waals surface area contributed by atoms with Crippen molar-refractivity contribution in [3.63, 3.8) is 0 Å². The summed E-state index contributed by atoms with van der Waals surface area (Å²) < 4.78 is 1.54. The first kappa shape index (κ1) is 12.6.